The van der Waals surface area contributed by atoms with Crippen LogP contribution in [0, 0.1) is 0 Å². The van der Waals surface area contributed by atoms with Crippen LogP contribution in [0.4, 0.5) is 0 Å². The highest BCUT2D eigenvalue weighted by atomic mass is 35.5. The Morgan fingerprint density at radius 2 is 1.88 bits per heavy atom. The highest BCUT2D eigenvalue weighted by Gasteiger charge is 2.23. The highest BCUT2D eigenvalue weighted by molar-refractivity contribution is 7.89. The minimum atomic E-state index is -3.74. The second-order valence-corrected chi connectivity index (χ2v) is 5.99. The van der Waals surface area contributed by atoms with Gasteiger partial charge in [0, 0.05) is 13.2 Å². The molecule has 0 amide bonds. The number of halogens is 2. The number of benzene rings is 1. The maximum atomic E-state index is 12.0. The second kappa shape index (κ2) is 6.02. The monoisotopic (exact) mass is 297 g/mol. The molecule has 1 aromatic rings. The lowest BCUT2D eigenvalue weighted by Gasteiger charge is -2.14. The van der Waals surface area contributed by atoms with E-state index in [0.29, 0.717) is 0 Å². The van der Waals surface area contributed by atoms with Crippen molar-refractivity contribution >= 4 is 33.2 Å². The van der Waals surface area contributed by atoms with Gasteiger partial charge in [-0.2, -0.15) is 0 Å². The standard InChI is InChI=1S/C10H13Cl2NO3S/c1-7(6-16-2)13-17(14,15)10-8(11)4-3-5-9(10)12/h3-5,7,13H,6H2,1-2H3. The Hall–Kier alpha value is -0.330. The number of hydrogen-bond acceptors (Lipinski definition) is 3. The van der Waals surface area contributed by atoms with Gasteiger partial charge < -0.3 is 4.74 Å². The first-order chi connectivity index (χ1) is 7.88. The van der Waals surface area contributed by atoms with E-state index in [2.05, 4.69) is 4.72 Å². The molecule has 0 radical (unpaired) electrons. The van der Waals surface area contributed by atoms with Crippen molar-refractivity contribution in [1.29, 1.82) is 0 Å². The smallest absolute Gasteiger partial charge is 0.243 e. The second-order valence-electron chi connectivity index (χ2n) is 3.53. The summed E-state index contributed by atoms with van der Waals surface area (Å²) < 4.78 is 31.3. The third kappa shape index (κ3) is 3.82. The van der Waals surface area contributed by atoms with Gasteiger partial charge in [0.25, 0.3) is 0 Å². The molecule has 0 fully saturated rings. The van der Waals surface area contributed by atoms with Crippen LogP contribution in [0.5, 0.6) is 0 Å². The van der Waals surface area contributed by atoms with E-state index in [9.17, 15) is 8.42 Å². The van der Waals surface area contributed by atoms with Gasteiger partial charge in [0.15, 0.2) is 0 Å². The molecule has 0 aliphatic heterocycles. The van der Waals surface area contributed by atoms with E-state index in [1.54, 1.807) is 13.0 Å². The van der Waals surface area contributed by atoms with Gasteiger partial charge in [-0.15, -0.1) is 0 Å². The molecular formula is C10H13Cl2NO3S. The topological polar surface area (TPSA) is 55.4 Å². The molecule has 0 saturated heterocycles. The van der Waals surface area contributed by atoms with Gasteiger partial charge in [-0.1, -0.05) is 29.3 Å². The van der Waals surface area contributed by atoms with Crippen molar-refractivity contribution in [3.05, 3.63) is 28.2 Å². The van der Waals surface area contributed by atoms with Gasteiger partial charge in [-0.3, -0.25) is 0 Å². The fourth-order valence-electron chi connectivity index (χ4n) is 1.35. The van der Waals surface area contributed by atoms with Crippen molar-refractivity contribution in [2.45, 2.75) is 17.9 Å². The van der Waals surface area contributed by atoms with E-state index in [1.165, 1.54) is 19.2 Å². The molecule has 0 aromatic heterocycles. The molecule has 1 N–H and O–H groups in total. The maximum absolute atomic E-state index is 12.0. The summed E-state index contributed by atoms with van der Waals surface area (Å²) in [5.74, 6) is 0. The van der Waals surface area contributed by atoms with Crippen LogP contribution in [0.15, 0.2) is 23.1 Å². The van der Waals surface area contributed by atoms with E-state index >= 15 is 0 Å². The van der Waals surface area contributed by atoms with Crippen LogP contribution in [0.1, 0.15) is 6.92 Å². The molecule has 17 heavy (non-hydrogen) atoms. The maximum Gasteiger partial charge on any atom is 0.243 e. The lowest BCUT2D eigenvalue weighted by molar-refractivity contribution is 0.180. The zero-order valence-corrected chi connectivity index (χ0v) is 11.7. The Balaban J connectivity index is 3.06. The van der Waals surface area contributed by atoms with Gasteiger partial charge in [0.2, 0.25) is 10.0 Å². The number of ether oxygens (including phenoxy) is 1. The van der Waals surface area contributed by atoms with E-state index in [-0.39, 0.29) is 27.6 Å². The molecule has 0 aliphatic carbocycles. The van der Waals surface area contributed by atoms with Gasteiger partial charge >= 0.3 is 0 Å². The normalized spacial score (nSPS) is 13.6. The molecule has 0 bridgehead atoms. The van der Waals surface area contributed by atoms with Crippen LogP contribution < -0.4 is 4.72 Å². The van der Waals surface area contributed by atoms with Crippen LogP contribution >= 0.6 is 23.2 Å². The summed E-state index contributed by atoms with van der Waals surface area (Å²) in [5, 5.41) is 0.184. The van der Waals surface area contributed by atoms with Gasteiger partial charge in [-0.05, 0) is 19.1 Å². The Kier molecular flexibility index (Phi) is 5.22. The summed E-state index contributed by atoms with van der Waals surface area (Å²) in [4.78, 5) is -0.105. The van der Waals surface area contributed by atoms with E-state index in [0.717, 1.165) is 0 Å². The quantitative estimate of drug-likeness (QED) is 0.907. The van der Waals surface area contributed by atoms with Crippen LogP contribution in [0.25, 0.3) is 0 Å². The molecule has 1 rings (SSSR count). The van der Waals surface area contributed by atoms with Gasteiger partial charge in [0.1, 0.15) is 4.90 Å². The molecular weight excluding hydrogens is 285 g/mol. The summed E-state index contributed by atoms with van der Waals surface area (Å²) in [6, 6.07) is 4.17. The summed E-state index contributed by atoms with van der Waals surface area (Å²) in [6.07, 6.45) is 0. The predicted molar refractivity (Wildman–Crippen MR) is 68.1 cm³/mol. The van der Waals surface area contributed by atoms with Crippen molar-refractivity contribution in [2.75, 3.05) is 13.7 Å². The summed E-state index contributed by atoms with van der Waals surface area (Å²) >= 11 is 11.7. The first-order valence-corrected chi connectivity index (χ1v) is 7.07. The molecule has 0 aliphatic rings. The third-order valence-corrected chi connectivity index (χ3v) is 4.50. The fourth-order valence-corrected chi connectivity index (χ4v) is 3.72. The molecule has 1 unspecified atom stereocenters. The Bertz CT molecular complexity index is 470. The first-order valence-electron chi connectivity index (χ1n) is 4.83. The summed E-state index contributed by atoms with van der Waals surface area (Å²) in [6.45, 7) is 1.95. The van der Waals surface area contributed by atoms with Crippen molar-refractivity contribution in [3.8, 4) is 0 Å². The molecule has 1 aromatic carbocycles. The number of nitrogens with one attached hydrogen (secondary N) is 1. The van der Waals surface area contributed by atoms with E-state index < -0.39 is 10.0 Å². The molecule has 1 atom stereocenters. The van der Waals surface area contributed by atoms with Crippen LogP contribution in [-0.4, -0.2) is 28.2 Å². The Morgan fingerprint density at radius 3 is 2.35 bits per heavy atom. The Labute approximate surface area is 111 Å². The number of sulfonamides is 1. The zero-order chi connectivity index (χ0) is 13.1. The van der Waals surface area contributed by atoms with Crippen LogP contribution in [0.2, 0.25) is 10.0 Å². The lowest BCUT2D eigenvalue weighted by Crippen LogP contribution is -2.35. The number of hydrogen-bond donors (Lipinski definition) is 1. The molecule has 7 heteroatoms. The van der Waals surface area contributed by atoms with Crippen molar-refractivity contribution in [3.63, 3.8) is 0 Å². The summed E-state index contributed by atoms with van der Waals surface area (Å²) in [5.41, 5.74) is 0. The van der Waals surface area contributed by atoms with Crippen LogP contribution in [-0.2, 0) is 14.8 Å². The summed E-state index contributed by atoms with van der Waals surface area (Å²) in [7, 11) is -2.24. The molecule has 0 heterocycles. The predicted octanol–water partition coefficient (Wildman–Crippen LogP) is 2.31. The largest absolute Gasteiger partial charge is 0.383 e. The van der Waals surface area contributed by atoms with E-state index in [4.69, 9.17) is 27.9 Å². The Morgan fingerprint density at radius 1 is 1.35 bits per heavy atom. The average molecular weight is 298 g/mol. The first kappa shape index (κ1) is 14.7. The molecule has 4 nitrogen and oxygen atoms in total. The molecule has 0 spiro atoms. The number of methoxy groups -OCH3 is 1. The lowest BCUT2D eigenvalue weighted by atomic mass is 10.4. The van der Waals surface area contributed by atoms with Gasteiger partial charge in [-0.25, -0.2) is 13.1 Å². The third-order valence-electron chi connectivity index (χ3n) is 1.96. The minimum absolute atomic E-state index is 0.0922. The minimum Gasteiger partial charge on any atom is -0.383 e. The van der Waals surface area contributed by atoms with E-state index in [1.807, 2.05) is 0 Å². The fraction of sp³-hybridized carbons (Fsp3) is 0.400. The van der Waals surface area contributed by atoms with Crippen LogP contribution in [0.3, 0.4) is 0 Å². The average Bonchev–Trinajstić information content (AvgIpc) is 2.15. The number of rotatable bonds is 5. The van der Waals surface area contributed by atoms with Crippen molar-refractivity contribution in [1.82, 2.24) is 4.72 Å². The van der Waals surface area contributed by atoms with Gasteiger partial charge in [0.05, 0.1) is 16.7 Å². The zero-order valence-electron chi connectivity index (χ0n) is 9.41. The SMILES string of the molecule is COCC(C)NS(=O)(=O)c1c(Cl)cccc1Cl. The van der Waals surface area contributed by atoms with Crippen molar-refractivity contribution < 1.29 is 13.2 Å². The molecule has 96 valence electrons. The highest BCUT2D eigenvalue weighted by Crippen LogP contribution is 2.28. The van der Waals surface area contributed by atoms with Crippen molar-refractivity contribution in [2.24, 2.45) is 0 Å². The molecule has 0 saturated carbocycles.